The number of rotatable bonds is 7. The van der Waals surface area contributed by atoms with Gasteiger partial charge in [-0.2, -0.15) is 5.10 Å². The van der Waals surface area contributed by atoms with Crippen molar-refractivity contribution in [2.45, 2.75) is 38.6 Å². The molecule has 3 aromatic heterocycles. The molecule has 4 heterocycles. The number of halogens is 1. The number of aromatic nitrogens is 3. The topological polar surface area (TPSA) is 106 Å². The van der Waals surface area contributed by atoms with Crippen LogP contribution in [0.5, 0.6) is 0 Å². The van der Waals surface area contributed by atoms with Crippen LogP contribution in [-0.4, -0.2) is 39.7 Å². The molecule has 0 bridgehead atoms. The lowest BCUT2D eigenvalue weighted by Crippen LogP contribution is -2.33. The van der Waals surface area contributed by atoms with Crippen molar-refractivity contribution in [3.8, 4) is 21.7 Å². The molecule has 7 rings (SSSR count). The summed E-state index contributed by atoms with van der Waals surface area (Å²) in [5.41, 5.74) is 12.3. The monoisotopic (exact) mass is 606 g/mol. The molecule has 0 atom stereocenters. The molecular weight excluding hydrogens is 575 g/mol. The number of nitrogens with zero attached hydrogens (tertiary/aromatic N) is 4. The largest absolute Gasteiger partial charge is 0.329 e. The van der Waals surface area contributed by atoms with Gasteiger partial charge in [-0.3, -0.25) is 14.3 Å². The van der Waals surface area contributed by atoms with E-state index in [0.717, 1.165) is 51.5 Å². The Bertz CT molecular complexity index is 1890. The minimum atomic E-state index is -0.471. The summed E-state index contributed by atoms with van der Waals surface area (Å²) in [7, 11) is 0. The molecule has 0 unspecified atom stereocenters. The predicted molar refractivity (Wildman–Crippen MR) is 171 cm³/mol. The Morgan fingerprint density at radius 3 is 2.68 bits per heavy atom. The van der Waals surface area contributed by atoms with Gasteiger partial charge in [-0.25, -0.2) is 9.37 Å². The van der Waals surface area contributed by atoms with E-state index in [4.69, 9.17) is 15.8 Å². The van der Waals surface area contributed by atoms with Crippen molar-refractivity contribution < 1.29 is 14.0 Å². The van der Waals surface area contributed by atoms with Gasteiger partial charge in [-0.1, -0.05) is 36.4 Å². The Morgan fingerprint density at radius 2 is 1.89 bits per heavy atom. The van der Waals surface area contributed by atoms with Gasteiger partial charge in [0.1, 0.15) is 11.5 Å². The van der Waals surface area contributed by atoms with E-state index < -0.39 is 5.82 Å². The van der Waals surface area contributed by atoms with Crippen molar-refractivity contribution in [1.29, 1.82) is 0 Å². The summed E-state index contributed by atoms with van der Waals surface area (Å²) in [6.07, 6.45) is 4.74. The van der Waals surface area contributed by atoms with E-state index in [9.17, 15) is 14.0 Å². The second kappa shape index (κ2) is 11.4. The molecule has 2 aliphatic rings. The third-order valence-electron chi connectivity index (χ3n) is 8.14. The molecule has 2 aromatic carbocycles. The van der Waals surface area contributed by atoms with Crippen molar-refractivity contribution in [3.05, 3.63) is 106 Å². The first-order valence-electron chi connectivity index (χ1n) is 14.8. The highest BCUT2D eigenvalue weighted by atomic mass is 32.1. The summed E-state index contributed by atoms with van der Waals surface area (Å²) in [5, 5.41) is 7.51. The van der Waals surface area contributed by atoms with E-state index in [1.54, 1.807) is 30.0 Å². The molecule has 222 valence electrons. The number of anilines is 2. The number of carbonyl (C=O) groups excluding carboxylic acids is 2. The number of nitrogens with two attached hydrogens (primary N) is 1. The van der Waals surface area contributed by atoms with Crippen LogP contribution in [0.3, 0.4) is 0 Å². The quantitative estimate of drug-likeness (QED) is 0.223. The molecule has 1 saturated carbocycles. The molecule has 3 N–H and O–H groups in total. The van der Waals surface area contributed by atoms with Crippen LogP contribution in [0.25, 0.3) is 21.7 Å². The molecule has 2 amide bonds. The molecule has 44 heavy (non-hydrogen) atoms. The van der Waals surface area contributed by atoms with E-state index in [0.29, 0.717) is 48.1 Å². The van der Waals surface area contributed by atoms with Gasteiger partial charge in [0.2, 0.25) is 0 Å². The lowest BCUT2D eigenvalue weighted by Gasteiger charge is -2.23. The van der Waals surface area contributed by atoms with E-state index in [1.165, 1.54) is 17.4 Å². The molecular formula is C34H31FN6O2S. The molecule has 10 heteroatoms. The first-order chi connectivity index (χ1) is 21.4. The summed E-state index contributed by atoms with van der Waals surface area (Å²) in [6.45, 7) is 3.30. The van der Waals surface area contributed by atoms with Crippen LogP contribution >= 0.6 is 11.3 Å². The van der Waals surface area contributed by atoms with Crippen LogP contribution in [-0.2, 0) is 13.0 Å². The van der Waals surface area contributed by atoms with Gasteiger partial charge in [-0.05, 0) is 67.6 Å². The molecule has 8 nitrogen and oxygen atoms in total. The third-order valence-corrected chi connectivity index (χ3v) is 9.35. The molecule has 1 aliphatic heterocycles. The zero-order valence-corrected chi connectivity index (χ0v) is 25.0. The first kappa shape index (κ1) is 28.1. The number of benzene rings is 2. The molecule has 0 radical (unpaired) electrons. The Kier molecular flexibility index (Phi) is 7.31. The minimum absolute atomic E-state index is 0.184. The van der Waals surface area contributed by atoms with Gasteiger partial charge < -0.3 is 16.0 Å². The second-order valence-electron chi connectivity index (χ2n) is 11.2. The van der Waals surface area contributed by atoms with Gasteiger partial charge in [-0.15, -0.1) is 11.3 Å². The smallest absolute Gasteiger partial charge is 0.276 e. The number of fused-ring (bicyclic) bond motifs is 3. The van der Waals surface area contributed by atoms with Crippen molar-refractivity contribution in [2.75, 3.05) is 23.3 Å². The SMILES string of the molecule is Cc1cccc(F)c1NC(=O)c1cc2c(s1)-c1ccccc1N(C(=O)c1cccc(-c3cn(CCN)nc3C3CC3)n1)CC2. The minimum Gasteiger partial charge on any atom is -0.329 e. The lowest BCUT2D eigenvalue weighted by atomic mass is 10.1. The zero-order valence-electron chi connectivity index (χ0n) is 24.2. The van der Waals surface area contributed by atoms with Crippen LogP contribution in [0.1, 0.15) is 55.7 Å². The number of nitrogens with one attached hydrogen (secondary N) is 1. The van der Waals surface area contributed by atoms with Crippen molar-refractivity contribution in [1.82, 2.24) is 14.8 Å². The van der Waals surface area contributed by atoms with Crippen LogP contribution in [0, 0.1) is 12.7 Å². The van der Waals surface area contributed by atoms with Crippen molar-refractivity contribution in [3.63, 3.8) is 0 Å². The van der Waals surface area contributed by atoms with E-state index in [2.05, 4.69) is 5.32 Å². The molecule has 0 saturated heterocycles. The maximum atomic E-state index is 14.4. The van der Waals surface area contributed by atoms with Crippen LogP contribution in [0.2, 0.25) is 0 Å². The number of hydrogen-bond acceptors (Lipinski definition) is 6. The summed E-state index contributed by atoms with van der Waals surface area (Å²) in [4.78, 5) is 35.3. The normalized spacial score (nSPS) is 14.1. The number of thiophene rings is 1. The highest BCUT2D eigenvalue weighted by molar-refractivity contribution is 7.17. The van der Waals surface area contributed by atoms with E-state index in [1.807, 2.05) is 53.3 Å². The highest BCUT2D eigenvalue weighted by Gasteiger charge is 2.31. The van der Waals surface area contributed by atoms with Gasteiger partial charge in [0, 0.05) is 41.2 Å². The highest BCUT2D eigenvalue weighted by Crippen LogP contribution is 2.44. The standard InChI is InChI=1S/C34H31FN6O2S/c1-20-6-4-8-25(35)30(20)38-33(42)29-18-22-14-16-41(28-11-3-2-7-23(28)32(22)44-29)34(43)27-10-5-9-26(37-27)24-19-40(17-15-36)39-31(24)21-12-13-21/h2-11,18-19,21H,12-17,36H2,1H3,(H,38,42). The summed E-state index contributed by atoms with van der Waals surface area (Å²) < 4.78 is 16.3. The van der Waals surface area contributed by atoms with Gasteiger partial charge in [0.05, 0.1) is 34.2 Å². The fourth-order valence-electron chi connectivity index (χ4n) is 5.77. The number of hydrogen-bond donors (Lipinski definition) is 2. The molecule has 0 spiro atoms. The zero-order chi connectivity index (χ0) is 30.4. The Morgan fingerprint density at radius 1 is 1.07 bits per heavy atom. The maximum Gasteiger partial charge on any atom is 0.276 e. The Hall–Kier alpha value is -4.67. The van der Waals surface area contributed by atoms with Crippen molar-refractivity contribution >= 4 is 34.5 Å². The maximum absolute atomic E-state index is 14.4. The number of para-hydroxylation sites is 2. The van der Waals surface area contributed by atoms with Crippen LogP contribution in [0.15, 0.2) is 72.9 Å². The third kappa shape index (κ3) is 5.20. The van der Waals surface area contributed by atoms with Crippen LogP contribution in [0.4, 0.5) is 15.8 Å². The predicted octanol–water partition coefficient (Wildman–Crippen LogP) is 6.41. The molecule has 1 aliphatic carbocycles. The van der Waals surface area contributed by atoms with E-state index in [-0.39, 0.29) is 17.5 Å². The number of amides is 2. The fraction of sp³-hybridized carbons (Fsp3) is 0.235. The van der Waals surface area contributed by atoms with Crippen molar-refractivity contribution in [2.24, 2.45) is 5.73 Å². The summed E-state index contributed by atoms with van der Waals surface area (Å²) in [6, 6.07) is 19.8. The Labute approximate surface area is 258 Å². The van der Waals surface area contributed by atoms with Gasteiger partial charge >= 0.3 is 0 Å². The first-order valence-corrected chi connectivity index (χ1v) is 15.6. The average molecular weight is 607 g/mol. The summed E-state index contributed by atoms with van der Waals surface area (Å²) >= 11 is 1.35. The number of aryl methyl sites for hydroxylation is 1. The summed E-state index contributed by atoms with van der Waals surface area (Å²) in [5.74, 6) is -0.598. The molecule has 5 aromatic rings. The number of pyridine rings is 1. The average Bonchev–Trinajstić information content (AvgIpc) is 3.69. The lowest BCUT2D eigenvalue weighted by molar-refractivity contribution is 0.0981. The second-order valence-corrected chi connectivity index (χ2v) is 12.3. The van der Waals surface area contributed by atoms with Gasteiger partial charge in [0.15, 0.2) is 0 Å². The Balaban J connectivity index is 1.19. The fourth-order valence-corrected chi connectivity index (χ4v) is 6.90. The van der Waals surface area contributed by atoms with Crippen LogP contribution < -0.4 is 16.0 Å². The molecule has 1 fully saturated rings. The van der Waals surface area contributed by atoms with E-state index >= 15 is 0 Å². The number of carbonyl (C=O) groups is 2. The van der Waals surface area contributed by atoms with Gasteiger partial charge in [0.25, 0.3) is 11.8 Å².